The third-order valence-corrected chi connectivity index (χ3v) is 3.41. The van der Waals surface area contributed by atoms with Gasteiger partial charge in [-0.05, 0) is 35.9 Å². The third kappa shape index (κ3) is 5.24. The van der Waals surface area contributed by atoms with Crippen molar-refractivity contribution in [1.82, 2.24) is 0 Å². The second kappa shape index (κ2) is 8.11. The van der Waals surface area contributed by atoms with E-state index in [-0.39, 0.29) is 6.61 Å². The van der Waals surface area contributed by atoms with Crippen LogP contribution in [0.15, 0.2) is 53.0 Å². The Morgan fingerprint density at radius 1 is 1.17 bits per heavy atom. The Morgan fingerprint density at radius 2 is 1.91 bits per heavy atom. The van der Waals surface area contributed by atoms with Gasteiger partial charge < -0.3 is 10.1 Å². The van der Waals surface area contributed by atoms with Crippen molar-refractivity contribution in [3.05, 3.63) is 64.1 Å². The molecule has 23 heavy (non-hydrogen) atoms. The van der Waals surface area contributed by atoms with Crippen molar-refractivity contribution in [2.45, 2.75) is 6.42 Å². The second-order valence-electron chi connectivity index (χ2n) is 4.67. The summed E-state index contributed by atoms with van der Waals surface area (Å²) in [7, 11) is 0. The Labute approximate surface area is 142 Å². The first-order valence-corrected chi connectivity index (χ1v) is 7.56. The summed E-state index contributed by atoms with van der Waals surface area (Å²) in [5.41, 5.74) is 1.81. The quantitative estimate of drug-likeness (QED) is 0.816. The number of rotatable bonds is 5. The summed E-state index contributed by atoms with van der Waals surface area (Å²) in [5.74, 6) is -0.993. The van der Waals surface area contributed by atoms with Crippen molar-refractivity contribution >= 4 is 33.5 Å². The third-order valence-electron chi connectivity index (χ3n) is 2.92. The Hall–Kier alpha value is -2.65. The summed E-state index contributed by atoms with van der Waals surface area (Å²) < 4.78 is 5.72. The lowest BCUT2D eigenvalue weighted by Crippen LogP contribution is -2.20. The predicted octanol–water partition coefficient (Wildman–Crippen LogP) is 3.31. The van der Waals surface area contributed by atoms with E-state index < -0.39 is 11.9 Å². The van der Waals surface area contributed by atoms with Gasteiger partial charge in [0.05, 0.1) is 18.1 Å². The van der Waals surface area contributed by atoms with Gasteiger partial charge in [-0.1, -0.05) is 34.1 Å². The number of esters is 1. The minimum absolute atomic E-state index is 0.318. The van der Waals surface area contributed by atoms with Crippen LogP contribution in [0.2, 0.25) is 0 Å². The number of nitrogens with zero attached hydrogens (tertiary/aromatic N) is 1. The topological polar surface area (TPSA) is 79.2 Å². The molecule has 2 aromatic carbocycles. The Balaban J connectivity index is 1.85. The standard InChI is InChI=1S/C17H13BrN2O3/c18-14-3-1-2-13(10-14)17(22)23-11-16(21)20-15-6-4-12(5-7-15)8-9-19/h1-7,10H,8,11H2,(H,20,21). The maximum absolute atomic E-state index is 11.8. The van der Waals surface area contributed by atoms with Crippen LogP contribution in [0, 0.1) is 11.3 Å². The molecule has 0 radical (unpaired) electrons. The Bertz CT molecular complexity index is 751. The number of hydrogen-bond acceptors (Lipinski definition) is 4. The zero-order valence-corrected chi connectivity index (χ0v) is 13.7. The molecule has 0 unspecified atom stereocenters. The predicted molar refractivity (Wildman–Crippen MR) is 88.8 cm³/mol. The molecule has 0 aromatic heterocycles. The van der Waals surface area contributed by atoms with E-state index in [4.69, 9.17) is 10.00 Å². The summed E-state index contributed by atoms with van der Waals surface area (Å²) >= 11 is 3.26. The van der Waals surface area contributed by atoms with Crippen LogP contribution in [0.5, 0.6) is 0 Å². The van der Waals surface area contributed by atoms with Crippen molar-refractivity contribution in [3.8, 4) is 6.07 Å². The van der Waals surface area contributed by atoms with Crippen molar-refractivity contribution in [2.75, 3.05) is 11.9 Å². The first-order valence-electron chi connectivity index (χ1n) is 6.77. The van der Waals surface area contributed by atoms with Crippen molar-refractivity contribution in [3.63, 3.8) is 0 Å². The van der Waals surface area contributed by atoms with Gasteiger partial charge in [0.25, 0.3) is 5.91 Å². The molecule has 0 fully saturated rings. The molecule has 116 valence electrons. The van der Waals surface area contributed by atoms with Gasteiger partial charge in [-0.25, -0.2) is 4.79 Å². The molecule has 0 spiro atoms. The zero-order chi connectivity index (χ0) is 16.7. The zero-order valence-electron chi connectivity index (χ0n) is 12.1. The van der Waals surface area contributed by atoms with Gasteiger partial charge in [0, 0.05) is 10.2 Å². The number of anilines is 1. The fraction of sp³-hybridized carbons (Fsp3) is 0.118. The summed E-state index contributed by atoms with van der Waals surface area (Å²) in [6.07, 6.45) is 0.318. The van der Waals surface area contributed by atoms with Gasteiger partial charge in [0.2, 0.25) is 0 Å². The number of halogens is 1. The number of benzene rings is 2. The Morgan fingerprint density at radius 3 is 2.57 bits per heavy atom. The van der Waals surface area contributed by atoms with Crippen LogP contribution in [0.3, 0.4) is 0 Å². The summed E-state index contributed by atoms with van der Waals surface area (Å²) in [6, 6.07) is 15.7. The van der Waals surface area contributed by atoms with Crippen LogP contribution < -0.4 is 5.32 Å². The first-order chi connectivity index (χ1) is 11.1. The molecule has 0 saturated carbocycles. The minimum atomic E-state index is -0.564. The first kappa shape index (κ1) is 16.7. The summed E-state index contributed by atoms with van der Waals surface area (Å²) in [4.78, 5) is 23.6. The Kier molecular flexibility index (Phi) is 5.89. The lowest BCUT2D eigenvalue weighted by Gasteiger charge is -2.07. The van der Waals surface area contributed by atoms with E-state index in [1.54, 1.807) is 48.5 Å². The summed E-state index contributed by atoms with van der Waals surface area (Å²) in [5, 5.41) is 11.2. The van der Waals surface area contributed by atoms with Crippen molar-refractivity contribution in [2.24, 2.45) is 0 Å². The number of nitrogens with one attached hydrogen (secondary N) is 1. The van der Waals surface area contributed by atoms with Crippen LogP contribution in [0.4, 0.5) is 5.69 Å². The molecule has 2 aromatic rings. The largest absolute Gasteiger partial charge is 0.452 e. The molecule has 2 rings (SSSR count). The molecular weight excluding hydrogens is 360 g/mol. The van der Waals surface area contributed by atoms with Gasteiger partial charge >= 0.3 is 5.97 Å². The molecule has 5 nitrogen and oxygen atoms in total. The number of hydrogen-bond donors (Lipinski definition) is 1. The van der Waals surface area contributed by atoms with E-state index >= 15 is 0 Å². The van der Waals surface area contributed by atoms with Crippen LogP contribution in [0.1, 0.15) is 15.9 Å². The molecule has 0 saturated heterocycles. The van der Waals surface area contributed by atoms with Crippen molar-refractivity contribution in [1.29, 1.82) is 5.26 Å². The van der Waals surface area contributed by atoms with Gasteiger partial charge in [-0.2, -0.15) is 5.26 Å². The number of carbonyl (C=O) groups is 2. The highest BCUT2D eigenvalue weighted by atomic mass is 79.9. The fourth-order valence-corrected chi connectivity index (χ4v) is 2.22. The van der Waals surface area contributed by atoms with Crippen LogP contribution in [-0.4, -0.2) is 18.5 Å². The highest BCUT2D eigenvalue weighted by Gasteiger charge is 2.10. The van der Waals surface area contributed by atoms with E-state index in [9.17, 15) is 9.59 Å². The molecule has 0 aliphatic carbocycles. The van der Waals surface area contributed by atoms with Crippen LogP contribution >= 0.6 is 15.9 Å². The maximum atomic E-state index is 11.8. The molecule has 0 aliphatic heterocycles. The lowest BCUT2D eigenvalue weighted by molar-refractivity contribution is -0.119. The maximum Gasteiger partial charge on any atom is 0.338 e. The average Bonchev–Trinajstić information content (AvgIpc) is 2.55. The fourth-order valence-electron chi connectivity index (χ4n) is 1.82. The van der Waals surface area contributed by atoms with Gasteiger partial charge in [-0.3, -0.25) is 4.79 Å². The minimum Gasteiger partial charge on any atom is -0.452 e. The second-order valence-corrected chi connectivity index (χ2v) is 5.58. The molecule has 0 bridgehead atoms. The van der Waals surface area contributed by atoms with E-state index in [0.29, 0.717) is 17.7 Å². The lowest BCUT2D eigenvalue weighted by atomic mass is 10.1. The van der Waals surface area contributed by atoms with Crippen molar-refractivity contribution < 1.29 is 14.3 Å². The molecule has 0 heterocycles. The van der Waals surface area contributed by atoms with E-state index in [0.717, 1.165) is 10.0 Å². The molecule has 1 amide bonds. The number of amides is 1. The molecule has 1 N–H and O–H groups in total. The number of ether oxygens (including phenoxy) is 1. The van der Waals surface area contributed by atoms with E-state index in [2.05, 4.69) is 21.2 Å². The normalized spacial score (nSPS) is 9.74. The molecule has 0 aliphatic rings. The molecule has 6 heteroatoms. The highest BCUT2D eigenvalue weighted by molar-refractivity contribution is 9.10. The highest BCUT2D eigenvalue weighted by Crippen LogP contribution is 2.13. The molecule has 0 atom stereocenters. The summed E-state index contributed by atoms with van der Waals surface area (Å²) in [6.45, 7) is -0.370. The monoisotopic (exact) mass is 372 g/mol. The van der Waals surface area contributed by atoms with Gasteiger partial charge in [0.15, 0.2) is 6.61 Å². The van der Waals surface area contributed by atoms with Gasteiger partial charge in [-0.15, -0.1) is 0 Å². The SMILES string of the molecule is N#CCc1ccc(NC(=O)COC(=O)c2cccc(Br)c2)cc1. The number of carbonyl (C=O) groups excluding carboxylic acids is 2. The number of nitriles is 1. The molecular formula is C17H13BrN2O3. The average molecular weight is 373 g/mol. The van der Waals surface area contributed by atoms with Gasteiger partial charge in [0.1, 0.15) is 0 Å². The van der Waals surface area contributed by atoms with Crippen LogP contribution in [0.25, 0.3) is 0 Å². The van der Waals surface area contributed by atoms with E-state index in [1.807, 2.05) is 6.07 Å². The van der Waals surface area contributed by atoms with E-state index in [1.165, 1.54) is 0 Å². The van der Waals surface area contributed by atoms with Crippen LogP contribution in [-0.2, 0) is 16.0 Å². The smallest absolute Gasteiger partial charge is 0.338 e.